The summed E-state index contributed by atoms with van der Waals surface area (Å²) in [5, 5.41) is 12.9. The molecule has 0 aliphatic heterocycles. The molecule has 3 unspecified atom stereocenters. The van der Waals surface area contributed by atoms with Crippen molar-refractivity contribution in [3.05, 3.63) is 71.1 Å². The van der Waals surface area contributed by atoms with Gasteiger partial charge in [0.15, 0.2) is 5.78 Å². The first-order valence-electron chi connectivity index (χ1n) is 13.2. The van der Waals surface area contributed by atoms with Gasteiger partial charge in [0, 0.05) is 37.7 Å². The number of rotatable bonds is 5. The number of carbonyl (C=O) groups excluding carboxylic acids is 3. The second-order valence-corrected chi connectivity index (χ2v) is 11.2. The second-order valence-electron chi connectivity index (χ2n) is 11.2. The van der Waals surface area contributed by atoms with Crippen LogP contribution in [-0.4, -0.2) is 46.7 Å². The van der Waals surface area contributed by atoms with E-state index in [1.54, 1.807) is 26.2 Å². The number of nitrogens with zero attached hydrogens (tertiary/aromatic N) is 2. The molecule has 7 nitrogen and oxygen atoms in total. The molecule has 2 amide bonds. The van der Waals surface area contributed by atoms with Crippen molar-refractivity contribution in [1.82, 2.24) is 9.88 Å². The van der Waals surface area contributed by atoms with Crippen molar-refractivity contribution in [2.24, 2.45) is 23.2 Å². The Morgan fingerprint density at radius 2 is 1.97 bits per heavy atom. The van der Waals surface area contributed by atoms with Crippen molar-refractivity contribution >= 4 is 23.4 Å². The number of allylic oxidation sites excluding steroid dienone is 1. The highest BCUT2D eigenvalue weighted by Gasteiger charge is 2.60. The van der Waals surface area contributed by atoms with Crippen molar-refractivity contribution in [3.8, 4) is 0 Å². The second kappa shape index (κ2) is 9.77. The van der Waals surface area contributed by atoms with Crippen LogP contribution in [0.2, 0.25) is 0 Å². The van der Waals surface area contributed by atoms with Gasteiger partial charge in [-0.3, -0.25) is 14.4 Å². The van der Waals surface area contributed by atoms with E-state index in [4.69, 9.17) is 0 Å². The van der Waals surface area contributed by atoms with Gasteiger partial charge in [-0.25, -0.2) is 4.98 Å². The summed E-state index contributed by atoms with van der Waals surface area (Å²) in [7, 11) is 3.35. The molecule has 5 rings (SSSR count). The van der Waals surface area contributed by atoms with Gasteiger partial charge in [0.1, 0.15) is 5.82 Å². The lowest BCUT2D eigenvalue weighted by molar-refractivity contribution is -0.127. The standard InChI is InChI=1S/C30H35N3O4/c1-30-15-14-21-20-7-5-4-6-18(20)8-10-22(21)27(30)23(24(17-34)28(30)36)11-13-26(35)32-25-12-9-19(16-31-25)29(37)33(2)3/h4-7,9,12,16-17,21-23,27,34H,8,10-11,13-15H2,1-3H3,(H,31,32,35)/b24-17-/t21?,22?,23-,27?,30+/m1/s1. The number of anilines is 1. The first-order valence-corrected chi connectivity index (χ1v) is 13.2. The number of Topliss-reactive ketones (excluding diaryl/α,β-unsaturated/α-hetero) is 1. The number of aryl methyl sites for hydroxylation is 1. The molecule has 2 saturated carbocycles. The van der Waals surface area contributed by atoms with E-state index < -0.39 is 5.41 Å². The molecule has 2 aromatic rings. The zero-order valence-electron chi connectivity index (χ0n) is 21.7. The number of nitrogens with one attached hydrogen (secondary N) is 1. The van der Waals surface area contributed by atoms with Gasteiger partial charge in [0.25, 0.3) is 5.91 Å². The average Bonchev–Trinajstić information content (AvgIpc) is 3.13. The third-order valence-electron chi connectivity index (χ3n) is 9.01. The number of aromatic nitrogens is 1. The largest absolute Gasteiger partial charge is 0.515 e. The van der Waals surface area contributed by atoms with Gasteiger partial charge in [-0.15, -0.1) is 0 Å². The molecule has 1 aromatic carbocycles. The average molecular weight is 502 g/mol. The van der Waals surface area contributed by atoms with Crippen LogP contribution in [-0.2, 0) is 16.0 Å². The lowest BCUT2D eigenvalue weighted by Crippen LogP contribution is -2.44. The van der Waals surface area contributed by atoms with Gasteiger partial charge in [-0.1, -0.05) is 31.2 Å². The van der Waals surface area contributed by atoms with Crippen LogP contribution in [0.4, 0.5) is 5.82 Å². The van der Waals surface area contributed by atoms with E-state index >= 15 is 0 Å². The van der Waals surface area contributed by atoms with Crippen molar-refractivity contribution in [3.63, 3.8) is 0 Å². The first kappa shape index (κ1) is 25.2. The topological polar surface area (TPSA) is 99.6 Å². The number of aliphatic hydroxyl groups is 1. The molecule has 0 bridgehead atoms. The molecule has 0 radical (unpaired) electrons. The monoisotopic (exact) mass is 501 g/mol. The predicted octanol–water partition coefficient (Wildman–Crippen LogP) is 4.91. The highest BCUT2D eigenvalue weighted by Crippen LogP contribution is 2.63. The highest BCUT2D eigenvalue weighted by molar-refractivity contribution is 6.03. The number of aliphatic hydroxyl groups excluding tert-OH is 1. The van der Waals surface area contributed by atoms with E-state index in [-0.39, 0.29) is 35.9 Å². The van der Waals surface area contributed by atoms with Gasteiger partial charge in [0.05, 0.1) is 11.8 Å². The van der Waals surface area contributed by atoms with Crippen molar-refractivity contribution in [2.75, 3.05) is 19.4 Å². The minimum absolute atomic E-state index is 0.0468. The fraction of sp³-hybridized carbons (Fsp3) is 0.467. The van der Waals surface area contributed by atoms with Crippen LogP contribution >= 0.6 is 0 Å². The van der Waals surface area contributed by atoms with Gasteiger partial charge >= 0.3 is 0 Å². The number of benzene rings is 1. The Kier molecular flexibility index (Phi) is 6.65. The number of carbonyl (C=O) groups is 3. The molecule has 0 spiro atoms. The summed E-state index contributed by atoms with van der Waals surface area (Å²) in [5.74, 6) is 0.798. The van der Waals surface area contributed by atoms with Crippen LogP contribution < -0.4 is 5.32 Å². The number of hydrogen-bond donors (Lipinski definition) is 2. The summed E-state index contributed by atoms with van der Waals surface area (Å²) in [4.78, 5) is 44.1. The lowest BCUT2D eigenvalue weighted by atomic mass is 9.54. The lowest BCUT2D eigenvalue weighted by Gasteiger charge is -2.49. The third kappa shape index (κ3) is 4.34. The Balaban J connectivity index is 1.32. The van der Waals surface area contributed by atoms with Crippen LogP contribution in [0.3, 0.4) is 0 Å². The maximum absolute atomic E-state index is 13.5. The Hall–Kier alpha value is -3.48. The van der Waals surface area contributed by atoms with E-state index in [0.29, 0.717) is 35.2 Å². The van der Waals surface area contributed by atoms with E-state index in [1.165, 1.54) is 22.2 Å². The quantitative estimate of drug-likeness (QED) is 0.448. The molecule has 2 N–H and O–H groups in total. The normalized spacial score (nSPS) is 29.3. The van der Waals surface area contributed by atoms with Crippen LogP contribution in [0.1, 0.15) is 66.4 Å². The van der Waals surface area contributed by atoms with Crippen LogP contribution in [0.15, 0.2) is 54.4 Å². The molecule has 1 aromatic heterocycles. The number of ketones is 1. The van der Waals surface area contributed by atoms with Crippen LogP contribution in [0, 0.1) is 23.2 Å². The molecule has 1 heterocycles. The van der Waals surface area contributed by atoms with E-state index in [9.17, 15) is 19.5 Å². The molecular weight excluding hydrogens is 466 g/mol. The SMILES string of the molecule is CN(C)C(=O)c1ccc(NC(=O)CC[C@@H]2/C(=C/O)C(=O)[C@@]3(C)CCC4c5ccccc5CCC4C23)nc1. The predicted molar refractivity (Wildman–Crippen MR) is 141 cm³/mol. The summed E-state index contributed by atoms with van der Waals surface area (Å²) in [5.41, 5.74) is 3.25. The highest BCUT2D eigenvalue weighted by atomic mass is 16.2. The Morgan fingerprint density at radius 1 is 1.19 bits per heavy atom. The molecular formula is C30H35N3O4. The third-order valence-corrected chi connectivity index (χ3v) is 9.01. The summed E-state index contributed by atoms with van der Waals surface area (Å²) in [6.45, 7) is 2.07. The molecule has 194 valence electrons. The van der Waals surface area contributed by atoms with Gasteiger partial charge in [-0.05, 0) is 79.0 Å². The molecule has 5 atom stereocenters. The van der Waals surface area contributed by atoms with Crippen molar-refractivity contribution in [1.29, 1.82) is 0 Å². The summed E-state index contributed by atoms with van der Waals surface area (Å²) < 4.78 is 0. The van der Waals surface area contributed by atoms with Gasteiger partial charge in [0.2, 0.25) is 5.91 Å². The Morgan fingerprint density at radius 3 is 2.68 bits per heavy atom. The van der Waals surface area contributed by atoms with Crippen LogP contribution in [0.5, 0.6) is 0 Å². The van der Waals surface area contributed by atoms with Gasteiger partial charge < -0.3 is 15.3 Å². The number of amides is 2. The molecule has 37 heavy (non-hydrogen) atoms. The smallest absolute Gasteiger partial charge is 0.254 e. The maximum Gasteiger partial charge on any atom is 0.254 e. The summed E-state index contributed by atoms with van der Waals surface area (Å²) >= 11 is 0. The maximum atomic E-state index is 13.5. The first-order chi connectivity index (χ1) is 17.7. The van der Waals surface area contributed by atoms with Crippen LogP contribution in [0.25, 0.3) is 0 Å². The number of fused-ring (bicyclic) bond motifs is 5. The number of pyridine rings is 1. The van der Waals surface area contributed by atoms with E-state index in [2.05, 4.69) is 41.5 Å². The van der Waals surface area contributed by atoms with E-state index in [0.717, 1.165) is 31.9 Å². The molecule has 7 heteroatoms. The molecule has 2 fully saturated rings. The Labute approximate surface area is 218 Å². The summed E-state index contributed by atoms with van der Waals surface area (Å²) in [6, 6.07) is 11.9. The fourth-order valence-electron chi connectivity index (χ4n) is 7.30. The minimum atomic E-state index is -0.500. The van der Waals surface area contributed by atoms with Crippen molar-refractivity contribution < 1.29 is 19.5 Å². The molecule has 3 aliphatic carbocycles. The fourth-order valence-corrected chi connectivity index (χ4v) is 7.30. The minimum Gasteiger partial charge on any atom is -0.515 e. The Bertz CT molecular complexity index is 1250. The van der Waals surface area contributed by atoms with Gasteiger partial charge in [-0.2, -0.15) is 0 Å². The molecule has 0 saturated heterocycles. The zero-order valence-corrected chi connectivity index (χ0v) is 21.7. The molecule has 3 aliphatic rings. The zero-order chi connectivity index (χ0) is 26.3. The van der Waals surface area contributed by atoms with E-state index in [1.807, 2.05) is 0 Å². The number of hydrogen-bond acceptors (Lipinski definition) is 5. The van der Waals surface area contributed by atoms with Crippen molar-refractivity contribution in [2.45, 2.75) is 51.4 Å². The summed E-state index contributed by atoms with van der Waals surface area (Å²) in [6.07, 6.45) is 6.97.